The summed E-state index contributed by atoms with van der Waals surface area (Å²) in [6.07, 6.45) is 0.869. The van der Waals surface area contributed by atoms with Crippen molar-refractivity contribution < 1.29 is 24.1 Å². The molecule has 2 aliphatic heterocycles. The number of morpholine rings is 2. The fraction of sp³-hybridized carbons (Fsp3) is 0.467. The zero-order valence-electron chi connectivity index (χ0n) is 35.4. The molecule has 16 nitrogen and oxygen atoms in total. The minimum atomic E-state index is 0. The molecule has 0 amide bonds. The van der Waals surface area contributed by atoms with Gasteiger partial charge in [0.1, 0.15) is 17.9 Å². The third-order valence-corrected chi connectivity index (χ3v) is 9.01. The lowest BCUT2D eigenvalue weighted by molar-refractivity contribution is 0.0328. The number of halogens is 3. The van der Waals surface area contributed by atoms with Gasteiger partial charge in [0.05, 0.1) is 92.2 Å². The van der Waals surface area contributed by atoms with Crippen molar-refractivity contribution in [3.63, 3.8) is 0 Å². The number of aryl methyl sites for hydroxylation is 2. The third-order valence-electron chi connectivity index (χ3n) is 8.53. The molecule has 19 heteroatoms. The van der Waals surface area contributed by atoms with E-state index in [2.05, 4.69) is 44.5 Å². The van der Waals surface area contributed by atoms with Gasteiger partial charge in [-0.05, 0) is 56.3 Å². The minimum absolute atomic E-state index is 0. The molecule has 0 bridgehead atoms. The molecule has 2 aliphatic rings. The highest BCUT2D eigenvalue weighted by molar-refractivity contribution is 6.26. The van der Waals surface area contributed by atoms with Crippen LogP contribution in [-0.4, -0.2) is 120 Å². The van der Waals surface area contributed by atoms with E-state index in [1.165, 1.54) is 0 Å². The Morgan fingerprint density at radius 1 is 0.906 bits per heavy atom. The number of rotatable bonds is 7. The second-order valence-corrected chi connectivity index (χ2v) is 13.2. The van der Waals surface area contributed by atoms with Crippen LogP contribution in [0, 0.1) is 18.6 Å². The molecule has 0 saturated carbocycles. The van der Waals surface area contributed by atoms with Gasteiger partial charge in [-0.3, -0.25) is 15.1 Å². The quantitative estimate of drug-likeness (QED) is 0.0262. The molecule has 2 aromatic heterocycles. The topological polar surface area (TPSA) is 187 Å². The molecule has 2 fully saturated rings. The summed E-state index contributed by atoms with van der Waals surface area (Å²) in [5, 5.41) is 20.4. The van der Waals surface area contributed by atoms with Crippen LogP contribution in [0.15, 0.2) is 54.6 Å². The molecule has 0 unspecified atom stereocenters. The van der Waals surface area contributed by atoms with Crippen LogP contribution in [0.3, 0.4) is 0 Å². The van der Waals surface area contributed by atoms with Crippen LogP contribution >= 0.6 is 35.6 Å². The van der Waals surface area contributed by atoms with Crippen molar-refractivity contribution in [2.45, 2.75) is 48.6 Å². The molecule has 0 radical (unpaired) electrons. The molecule has 6 N–H and O–H groups in total. The van der Waals surface area contributed by atoms with Crippen LogP contribution in [-0.2, 0) is 40.7 Å². The van der Waals surface area contributed by atoms with Gasteiger partial charge in [0.25, 0.3) is 0 Å². The van der Waals surface area contributed by atoms with E-state index in [0.717, 1.165) is 105 Å². The molecular formula is C45H70Cl3N11O5. The molecule has 4 heterocycles. The van der Waals surface area contributed by atoms with Gasteiger partial charge in [-0.1, -0.05) is 34.4 Å². The zero-order chi connectivity index (χ0) is 44.3. The van der Waals surface area contributed by atoms with E-state index in [4.69, 9.17) is 62.1 Å². The lowest BCUT2D eigenvalue weighted by atomic mass is 10.2. The maximum Gasteiger partial charge on any atom is 0.195 e. The second kappa shape index (κ2) is 36.3. The maximum atomic E-state index is 10.8. The first-order chi connectivity index (χ1) is 29.0. The monoisotopic (exact) mass is 949 g/mol. The average Bonchev–Trinajstić information content (AvgIpc) is 3.79. The Balaban J connectivity index is -0.000000742. The summed E-state index contributed by atoms with van der Waals surface area (Å²) in [4.78, 5) is 28.8. The highest BCUT2D eigenvalue weighted by Gasteiger charge is 2.15. The number of nitrogens with two attached hydrogens (primary N) is 1. The van der Waals surface area contributed by atoms with Gasteiger partial charge in [0.15, 0.2) is 17.3 Å². The minimum Gasteiger partial charge on any atom is -0.481 e. The number of benzene rings is 3. The first-order valence-electron chi connectivity index (χ1n) is 19.2. The Morgan fingerprint density at radius 2 is 1.42 bits per heavy atom. The van der Waals surface area contributed by atoms with Crippen molar-refractivity contribution in [2.24, 2.45) is 14.1 Å². The molecule has 2 saturated heterocycles. The maximum absolute atomic E-state index is 10.8. The van der Waals surface area contributed by atoms with Crippen molar-refractivity contribution in [1.29, 1.82) is 5.41 Å². The third kappa shape index (κ3) is 21.6. The lowest BCUT2D eigenvalue weighted by Gasteiger charge is -2.26. The smallest absolute Gasteiger partial charge is 0.195 e. The van der Waals surface area contributed by atoms with Gasteiger partial charge < -0.3 is 44.8 Å². The first kappa shape index (κ1) is 63.3. The number of aldehydes is 1. The number of carbonyl (C=O) groups excluding carboxylic acids is 1. The van der Waals surface area contributed by atoms with E-state index in [9.17, 15) is 4.79 Å². The number of imidazole rings is 2. The standard InChI is InChI=1S/C14H17N3O2.C10H8ClN3.C8H9N3.C4H8ClNO.C4H9NO.C2H6O.3CH4.ClH/c1-16-13-8-11(10-18)2-3-12(13)15-14(16)9-17-4-6-19-7-5-17;1-12-7-3-4-8-9(5-7)14(2)10(6-11)13-8;1-10-6-3-4-7(9)8(5-6)11-2;1-2-7-4(6)3-5;1-3-6-4-2-5-1;1-2-3;;;;/h2-3,8,10H,4-7,9H2,1H3;3-5H,6H2,2H3;3-5,11H,9H2,2H3;6H,2-3H2,1H3;5H,1-4H2;3H,2H2,1H3;3*1H4;1H. The Hall–Kier alpha value is -5.01. The van der Waals surface area contributed by atoms with Crippen LogP contribution in [0.25, 0.3) is 31.8 Å². The Labute approximate surface area is 396 Å². The molecule has 0 atom stereocenters. The van der Waals surface area contributed by atoms with Crippen LogP contribution in [0.5, 0.6) is 0 Å². The molecule has 7 rings (SSSR count). The van der Waals surface area contributed by atoms with Gasteiger partial charge >= 0.3 is 0 Å². The number of anilines is 2. The van der Waals surface area contributed by atoms with Crippen molar-refractivity contribution in [1.82, 2.24) is 29.3 Å². The summed E-state index contributed by atoms with van der Waals surface area (Å²) in [5.74, 6) is 2.56. The van der Waals surface area contributed by atoms with Gasteiger partial charge in [0.2, 0.25) is 0 Å². The summed E-state index contributed by atoms with van der Waals surface area (Å²) in [6.45, 7) is 26.1. The van der Waals surface area contributed by atoms with E-state index < -0.39 is 0 Å². The second-order valence-electron chi connectivity index (χ2n) is 12.6. The number of nitrogens with one attached hydrogen (secondary N) is 3. The molecule has 0 aliphatic carbocycles. The number of fused-ring (bicyclic) bond motifs is 2. The predicted molar refractivity (Wildman–Crippen MR) is 269 cm³/mol. The number of aliphatic hydroxyl groups excluding tert-OH is 1. The summed E-state index contributed by atoms with van der Waals surface area (Å²) in [6, 6.07) is 16.2. The fourth-order valence-electron chi connectivity index (χ4n) is 5.41. The van der Waals surface area contributed by atoms with Gasteiger partial charge in [-0.25, -0.2) is 19.7 Å². The number of hydrogen-bond donors (Lipinski definition) is 5. The molecular weight excluding hydrogens is 881 g/mol. The van der Waals surface area contributed by atoms with Gasteiger partial charge in [-0.2, -0.15) is 0 Å². The molecule has 64 heavy (non-hydrogen) atoms. The van der Waals surface area contributed by atoms with Crippen LogP contribution < -0.4 is 16.4 Å². The number of carbonyl (C=O) groups is 1. The number of aliphatic hydroxyl groups is 1. The summed E-state index contributed by atoms with van der Waals surface area (Å²) >= 11 is 10.9. The largest absolute Gasteiger partial charge is 0.481 e. The summed E-state index contributed by atoms with van der Waals surface area (Å²) in [5.41, 5.74) is 12.8. The van der Waals surface area contributed by atoms with E-state index in [1.54, 1.807) is 44.3 Å². The Bertz CT molecular complexity index is 2130. The van der Waals surface area contributed by atoms with Crippen LogP contribution in [0.2, 0.25) is 0 Å². The average molecular weight is 951 g/mol. The van der Waals surface area contributed by atoms with E-state index in [1.807, 2.05) is 49.9 Å². The van der Waals surface area contributed by atoms with Crippen molar-refractivity contribution in [3.8, 4) is 0 Å². The lowest BCUT2D eigenvalue weighted by Crippen LogP contribution is -2.36. The molecule has 356 valence electrons. The van der Waals surface area contributed by atoms with Crippen molar-refractivity contribution >= 4 is 92.6 Å². The summed E-state index contributed by atoms with van der Waals surface area (Å²) < 4.78 is 19.0. The van der Waals surface area contributed by atoms with Gasteiger partial charge in [0, 0.05) is 65.2 Å². The predicted octanol–water partition coefficient (Wildman–Crippen LogP) is 9.12. The number of ether oxygens (including phenoxy) is 3. The molecule has 3 aromatic carbocycles. The number of alkyl halides is 2. The van der Waals surface area contributed by atoms with Crippen LogP contribution in [0.4, 0.5) is 22.7 Å². The Morgan fingerprint density at radius 3 is 1.89 bits per heavy atom. The number of aromatic nitrogens is 4. The van der Waals surface area contributed by atoms with E-state index >= 15 is 0 Å². The van der Waals surface area contributed by atoms with E-state index in [0.29, 0.717) is 35.1 Å². The fourth-order valence-corrected chi connectivity index (χ4v) is 5.72. The molecule has 0 spiro atoms. The molecule has 5 aromatic rings. The van der Waals surface area contributed by atoms with E-state index in [-0.39, 0.29) is 53.1 Å². The first-order valence-corrected chi connectivity index (χ1v) is 20.3. The van der Waals surface area contributed by atoms with Crippen molar-refractivity contribution in [2.75, 3.05) is 89.8 Å². The highest BCUT2D eigenvalue weighted by Crippen LogP contribution is 2.24. The van der Waals surface area contributed by atoms with Crippen molar-refractivity contribution in [3.05, 3.63) is 94.6 Å². The number of nitrogens with zero attached hydrogens (tertiary/aromatic N) is 7. The van der Waals surface area contributed by atoms with Crippen LogP contribution in [0.1, 0.15) is 58.1 Å². The number of nitrogen functional groups attached to an aromatic ring is 1. The highest BCUT2D eigenvalue weighted by atomic mass is 35.5. The SMILES string of the molecule is C.C.C.C1COCCN1.CCO.CCOC(=N)CCl.Cl.Cn1c(CN2CCOCC2)nc2ccc(C=O)cc21.[C-]#[N+]c1ccc(N)c(NC)c1.[C-]#[N+]c1ccc2nc(CCl)n(C)c2c1. The Kier molecular flexibility index (Phi) is 35.9. The zero-order valence-corrected chi connectivity index (χ0v) is 37.7. The number of hydrogen-bond acceptors (Lipinski definition) is 12. The van der Waals surface area contributed by atoms with Gasteiger partial charge in [-0.15, -0.1) is 35.6 Å². The normalized spacial score (nSPS) is 12.2. The summed E-state index contributed by atoms with van der Waals surface area (Å²) in [7, 11) is 5.68.